The Kier molecular flexibility index (Phi) is 4.77. The van der Waals surface area contributed by atoms with Crippen molar-refractivity contribution in [1.82, 2.24) is 15.6 Å². The lowest BCUT2D eigenvalue weighted by atomic mass is 9.89. The first kappa shape index (κ1) is 15.3. The Morgan fingerprint density at radius 3 is 2.71 bits per heavy atom. The van der Waals surface area contributed by atoms with E-state index in [0.29, 0.717) is 12.2 Å². The van der Waals surface area contributed by atoms with Gasteiger partial charge in [0.1, 0.15) is 0 Å². The molecule has 1 heterocycles. The molecule has 21 heavy (non-hydrogen) atoms. The van der Waals surface area contributed by atoms with Crippen LogP contribution in [0, 0.1) is 5.41 Å². The lowest BCUT2D eigenvalue weighted by molar-refractivity contribution is 0.0696. The summed E-state index contributed by atoms with van der Waals surface area (Å²) in [7, 11) is 0. The van der Waals surface area contributed by atoms with E-state index in [0.717, 1.165) is 12.8 Å². The summed E-state index contributed by atoms with van der Waals surface area (Å²) in [5.74, 6) is -1.00. The van der Waals surface area contributed by atoms with Crippen LogP contribution in [0.3, 0.4) is 0 Å². The number of amides is 2. The second kappa shape index (κ2) is 6.56. The maximum absolute atomic E-state index is 11.8. The van der Waals surface area contributed by atoms with Gasteiger partial charge in [0.05, 0.1) is 17.8 Å². The van der Waals surface area contributed by atoms with Gasteiger partial charge >= 0.3 is 12.0 Å². The molecule has 0 saturated heterocycles. The van der Waals surface area contributed by atoms with E-state index in [1.807, 2.05) is 0 Å². The molecule has 6 nitrogen and oxygen atoms in total. The summed E-state index contributed by atoms with van der Waals surface area (Å²) in [6.07, 6.45) is 6.18. The second-order valence-corrected chi connectivity index (χ2v) is 5.90. The van der Waals surface area contributed by atoms with Crippen LogP contribution in [-0.4, -0.2) is 28.6 Å². The van der Waals surface area contributed by atoms with Crippen molar-refractivity contribution in [2.45, 2.75) is 39.2 Å². The maximum Gasteiger partial charge on any atom is 0.335 e. The van der Waals surface area contributed by atoms with Gasteiger partial charge < -0.3 is 15.7 Å². The first-order valence-electron chi connectivity index (χ1n) is 7.18. The minimum Gasteiger partial charge on any atom is -0.478 e. The van der Waals surface area contributed by atoms with E-state index in [-0.39, 0.29) is 23.6 Å². The van der Waals surface area contributed by atoms with E-state index < -0.39 is 5.97 Å². The Hall–Kier alpha value is -2.11. The maximum atomic E-state index is 11.8. The quantitative estimate of drug-likeness (QED) is 0.775. The Bertz CT molecular complexity index is 525. The highest BCUT2D eigenvalue weighted by Crippen LogP contribution is 2.36. The predicted octanol–water partition coefficient (Wildman–Crippen LogP) is 2.16. The average Bonchev–Trinajstić information content (AvgIpc) is 2.90. The Morgan fingerprint density at radius 2 is 2.05 bits per heavy atom. The number of aromatic nitrogens is 1. The molecule has 0 unspecified atom stereocenters. The zero-order valence-electron chi connectivity index (χ0n) is 12.2. The van der Waals surface area contributed by atoms with Crippen molar-refractivity contribution in [1.29, 1.82) is 0 Å². The number of pyridine rings is 1. The third-order valence-corrected chi connectivity index (χ3v) is 3.98. The van der Waals surface area contributed by atoms with E-state index in [2.05, 4.69) is 22.5 Å². The van der Waals surface area contributed by atoms with E-state index in [1.54, 1.807) is 0 Å². The number of urea groups is 1. The minimum atomic E-state index is -1.00. The number of carboxylic acids is 1. The van der Waals surface area contributed by atoms with Gasteiger partial charge in [0, 0.05) is 12.7 Å². The number of carbonyl (C=O) groups excluding carboxylic acids is 1. The number of nitrogens with zero attached hydrogens (tertiary/aromatic N) is 1. The molecule has 1 fully saturated rings. The highest BCUT2D eigenvalue weighted by molar-refractivity contribution is 5.87. The molecule has 0 aromatic carbocycles. The minimum absolute atomic E-state index is 0.167. The van der Waals surface area contributed by atoms with Crippen LogP contribution in [0.25, 0.3) is 0 Å². The summed E-state index contributed by atoms with van der Waals surface area (Å²) in [5.41, 5.74) is 0.900. The van der Waals surface area contributed by atoms with Gasteiger partial charge in [-0.25, -0.2) is 9.59 Å². The molecule has 0 spiro atoms. The topological polar surface area (TPSA) is 91.3 Å². The van der Waals surface area contributed by atoms with Crippen molar-refractivity contribution in [2.75, 3.05) is 6.54 Å². The van der Waals surface area contributed by atoms with Gasteiger partial charge in [-0.15, -0.1) is 0 Å². The molecule has 1 aromatic heterocycles. The van der Waals surface area contributed by atoms with Gasteiger partial charge in [-0.3, -0.25) is 4.98 Å². The third-order valence-electron chi connectivity index (χ3n) is 3.98. The summed E-state index contributed by atoms with van der Waals surface area (Å²) in [6.45, 7) is 3.07. The van der Waals surface area contributed by atoms with Gasteiger partial charge in [-0.05, 0) is 30.4 Å². The Balaban J connectivity index is 1.78. The Morgan fingerprint density at radius 1 is 1.33 bits per heavy atom. The molecular weight excluding hydrogens is 270 g/mol. The average molecular weight is 291 g/mol. The van der Waals surface area contributed by atoms with Gasteiger partial charge in [-0.1, -0.05) is 19.8 Å². The first-order chi connectivity index (χ1) is 9.98. The highest BCUT2D eigenvalue weighted by Gasteiger charge is 2.28. The van der Waals surface area contributed by atoms with Crippen LogP contribution in [0.1, 0.15) is 48.7 Å². The zero-order valence-corrected chi connectivity index (χ0v) is 12.2. The number of hydrogen-bond acceptors (Lipinski definition) is 3. The molecule has 0 bridgehead atoms. The molecule has 0 atom stereocenters. The van der Waals surface area contributed by atoms with Crippen LogP contribution in [0.15, 0.2) is 18.3 Å². The molecule has 3 N–H and O–H groups in total. The largest absolute Gasteiger partial charge is 0.478 e. The Labute approximate surface area is 124 Å². The molecule has 1 aromatic rings. The summed E-state index contributed by atoms with van der Waals surface area (Å²) < 4.78 is 0. The molecule has 114 valence electrons. The third kappa shape index (κ3) is 4.44. The summed E-state index contributed by atoms with van der Waals surface area (Å²) >= 11 is 0. The SMILES string of the molecule is CC1(CNC(=O)NCc2cc(C(=O)O)ccn2)CCCC1. The van der Waals surface area contributed by atoms with Crippen LogP contribution in [0.5, 0.6) is 0 Å². The van der Waals surface area contributed by atoms with Gasteiger partial charge in [0.2, 0.25) is 0 Å². The zero-order chi connectivity index (χ0) is 15.3. The fraction of sp³-hybridized carbons (Fsp3) is 0.533. The van der Waals surface area contributed by atoms with E-state index in [1.165, 1.54) is 31.2 Å². The second-order valence-electron chi connectivity index (χ2n) is 5.90. The number of carboxylic acid groups (broad SMARTS) is 1. The highest BCUT2D eigenvalue weighted by atomic mass is 16.4. The molecule has 2 amide bonds. The number of rotatable bonds is 5. The molecule has 6 heteroatoms. The summed E-state index contributed by atoms with van der Waals surface area (Å²) in [6, 6.07) is 2.64. The van der Waals surface area contributed by atoms with Gasteiger partial charge in [-0.2, -0.15) is 0 Å². The molecular formula is C15H21N3O3. The smallest absolute Gasteiger partial charge is 0.335 e. The lowest BCUT2D eigenvalue weighted by Gasteiger charge is -2.23. The standard InChI is InChI=1S/C15H21N3O3/c1-15(5-2-3-6-15)10-18-14(21)17-9-12-8-11(13(19)20)4-7-16-12/h4,7-8H,2-3,5-6,9-10H2,1H3,(H,19,20)(H2,17,18,21). The van der Waals surface area contributed by atoms with Gasteiger partial charge in [0.15, 0.2) is 0 Å². The van der Waals surface area contributed by atoms with Crippen LogP contribution in [0.2, 0.25) is 0 Å². The normalized spacial score (nSPS) is 16.4. The van der Waals surface area contributed by atoms with Crippen molar-refractivity contribution < 1.29 is 14.7 Å². The van der Waals surface area contributed by atoms with Crippen LogP contribution < -0.4 is 10.6 Å². The van der Waals surface area contributed by atoms with Crippen LogP contribution >= 0.6 is 0 Å². The molecule has 1 aliphatic rings. The fourth-order valence-corrected chi connectivity index (χ4v) is 2.64. The van der Waals surface area contributed by atoms with Crippen molar-refractivity contribution in [3.05, 3.63) is 29.6 Å². The molecule has 2 rings (SSSR count). The monoisotopic (exact) mass is 291 g/mol. The first-order valence-corrected chi connectivity index (χ1v) is 7.18. The van der Waals surface area contributed by atoms with Crippen molar-refractivity contribution in [2.24, 2.45) is 5.41 Å². The fourth-order valence-electron chi connectivity index (χ4n) is 2.64. The van der Waals surface area contributed by atoms with Gasteiger partial charge in [0.25, 0.3) is 0 Å². The predicted molar refractivity (Wildman–Crippen MR) is 78.0 cm³/mol. The number of aromatic carboxylic acids is 1. The van der Waals surface area contributed by atoms with E-state index >= 15 is 0 Å². The molecule has 0 aliphatic heterocycles. The van der Waals surface area contributed by atoms with E-state index in [9.17, 15) is 9.59 Å². The molecule has 0 radical (unpaired) electrons. The number of carbonyl (C=O) groups is 2. The van der Waals surface area contributed by atoms with Crippen molar-refractivity contribution >= 4 is 12.0 Å². The van der Waals surface area contributed by atoms with Crippen molar-refractivity contribution in [3.8, 4) is 0 Å². The summed E-state index contributed by atoms with van der Waals surface area (Å²) in [4.78, 5) is 26.7. The molecule has 1 aliphatic carbocycles. The lowest BCUT2D eigenvalue weighted by Crippen LogP contribution is -2.40. The number of nitrogens with one attached hydrogen (secondary N) is 2. The van der Waals surface area contributed by atoms with Crippen LogP contribution in [0.4, 0.5) is 4.79 Å². The molecule has 1 saturated carbocycles. The van der Waals surface area contributed by atoms with Crippen LogP contribution in [-0.2, 0) is 6.54 Å². The number of hydrogen-bond donors (Lipinski definition) is 3. The van der Waals surface area contributed by atoms with Crippen molar-refractivity contribution in [3.63, 3.8) is 0 Å². The van der Waals surface area contributed by atoms with E-state index in [4.69, 9.17) is 5.11 Å². The summed E-state index contributed by atoms with van der Waals surface area (Å²) in [5, 5.41) is 14.5.